The van der Waals surface area contributed by atoms with Gasteiger partial charge in [-0.15, -0.1) is 0 Å². The van der Waals surface area contributed by atoms with E-state index >= 15 is 0 Å². The van der Waals surface area contributed by atoms with Gasteiger partial charge in [-0.25, -0.2) is 8.42 Å². The first-order valence-electron chi connectivity index (χ1n) is 8.57. The lowest BCUT2D eigenvalue weighted by atomic mass is 9.92. The normalized spacial score (nSPS) is 23.1. The molecule has 1 atom stereocenters. The van der Waals surface area contributed by atoms with Crippen LogP contribution in [0.2, 0.25) is 10.0 Å². The topological polar surface area (TPSA) is 111 Å². The molecule has 0 saturated carbocycles. The molecule has 1 aromatic carbocycles. The number of alkyl halides is 3. The van der Waals surface area contributed by atoms with E-state index in [1.54, 1.807) is 0 Å². The Balaban J connectivity index is 1.61. The summed E-state index contributed by atoms with van der Waals surface area (Å²) in [5.41, 5.74) is -1.47. The van der Waals surface area contributed by atoms with Gasteiger partial charge in [0.05, 0.1) is 23.2 Å². The quantitative estimate of drug-likeness (QED) is 0.667. The molecule has 3 heterocycles. The SMILES string of the molecule is O=C(NC1CS(=O)(=O)C1)c1cc(C2=CC(c3cc(Cl)cc(Cl)c3)(C(F)(F)F)ON2)no1. The van der Waals surface area contributed by atoms with Crippen LogP contribution in [0.5, 0.6) is 0 Å². The maximum absolute atomic E-state index is 14.0. The number of hydrogen-bond acceptors (Lipinski definition) is 7. The number of hydroxylamine groups is 1. The van der Waals surface area contributed by atoms with Gasteiger partial charge in [0.2, 0.25) is 11.4 Å². The summed E-state index contributed by atoms with van der Waals surface area (Å²) in [5, 5.41) is 5.99. The molecule has 8 nitrogen and oxygen atoms in total. The Morgan fingerprint density at radius 3 is 2.42 bits per heavy atom. The Labute approximate surface area is 183 Å². The number of halogens is 5. The summed E-state index contributed by atoms with van der Waals surface area (Å²) in [6, 6.07) is 3.94. The van der Waals surface area contributed by atoms with Gasteiger partial charge < -0.3 is 9.84 Å². The Morgan fingerprint density at radius 2 is 1.84 bits per heavy atom. The smallest absolute Gasteiger partial charge is 0.350 e. The number of rotatable bonds is 4. The second kappa shape index (κ2) is 7.40. The molecule has 0 bridgehead atoms. The first-order valence-corrected chi connectivity index (χ1v) is 11.1. The molecular weight excluding hydrogens is 486 g/mol. The molecule has 31 heavy (non-hydrogen) atoms. The van der Waals surface area contributed by atoms with Gasteiger partial charge in [-0.2, -0.15) is 13.2 Å². The largest absolute Gasteiger partial charge is 0.428 e. The standard InChI is InChI=1S/C17H12Cl2F3N3O5S/c18-9-1-8(2-10(19)3-9)16(17(20,21)22)5-13(25-30-16)12-4-14(29-24-12)15(26)23-11-6-31(27,28)7-11/h1-5,11,25H,6-7H2,(H,23,26). The fourth-order valence-corrected chi connectivity index (χ4v) is 4.97. The van der Waals surface area contributed by atoms with E-state index in [0.717, 1.165) is 24.3 Å². The summed E-state index contributed by atoms with van der Waals surface area (Å²) >= 11 is 11.7. The first kappa shape index (κ1) is 21.9. The highest BCUT2D eigenvalue weighted by molar-refractivity contribution is 7.92. The Hall–Kier alpha value is -2.28. The molecule has 1 aromatic heterocycles. The third-order valence-electron chi connectivity index (χ3n) is 4.64. The first-order chi connectivity index (χ1) is 14.4. The van der Waals surface area contributed by atoms with Crippen molar-refractivity contribution in [1.82, 2.24) is 16.0 Å². The highest BCUT2D eigenvalue weighted by Gasteiger charge is 2.60. The molecule has 166 valence electrons. The number of amides is 1. The van der Waals surface area contributed by atoms with Crippen LogP contribution < -0.4 is 10.8 Å². The Bertz CT molecular complexity index is 1170. The number of sulfone groups is 1. The highest BCUT2D eigenvalue weighted by Crippen LogP contribution is 2.48. The van der Waals surface area contributed by atoms with Crippen LogP contribution in [0.25, 0.3) is 5.70 Å². The van der Waals surface area contributed by atoms with E-state index in [4.69, 9.17) is 32.6 Å². The minimum Gasteiger partial charge on any atom is -0.350 e. The molecule has 1 saturated heterocycles. The molecule has 1 amide bonds. The van der Waals surface area contributed by atoms with Gasteiger partial charge in [-0.05, 0) is 24.3 Å². The zero-order valence-corrected chi connectivity index (χ0v) is 17.5. The van der Waals surface area contributed by atoms with Crippen molar-refractivity contribution in [3.8, 4) is 0 Å². The van der Waals surface area contributed by atoms with E-state index in [1.165, 1.54) is 6.07 Å². The third kappa shape index (κ3) is 4.12. The van der Waals surface area contributed by atoms with Crippen molar-refractivity contribution in [3.63, 3.8) is 0 Å². The molecule has 4 rings (SSSR count). The maximum atomic E-state index is 14.0. The van der Waals surface area contributed by atoms with Crippen LogP contribution in [-0.4, -0.2) is 43.2 Å². The van der Waals surface area contributed by atoms with Gasteiger partial charge >= 0.3 is 6.18 Å². The molecule has 14 heteroatoms. The predicted octanol–water partition coefficient (Wildman–Crippen LogP) is 2.84. The predicted molar refractivity (Wildman–Crippen MR) is 103 cm³/mol. The number of carbonyl (C=O) groups is 1. The molecule has 0 spiro atoms. The summed E-state index contributed by atoms with van der Waals surface area (Å²) < 4.78 is 69.2. The van der Waals surface area contributed by atoms with Crippen LogP contribution in [-0.2, 0) is 20.3 Å². The Kier molecular flexibility index (Phi) is 5.23. The number of benzene rings is 1. The van der Waals surface area contributed by atoms with Crippen LogP contribution in [0.1, 0.15) is 21.8 Å². The van der Waals surface area contributed by atoms with E-state index in [2.05, 4.69) is 16.0 Å². The van der Waals surface area contributed by atoms with E-state index in [0.29, 0.717) is 0 Å². The van der Waals surface area contributed by atoms with E-state index < -0.39 is 33.6 Å². The van der Waals surface area contributed by atoms with Gasteiger partial charge in [0, 0.05) is 21.7 Å². The lowest BCUT2D eigenvalue weighted by molar-refractivity contribution is -0.269. The summed E-state index contributed by atoms with van der Waals surface area (Å²) in [6.07, 6.45) is -4.18. The molecular formula is C17H12Cl2F3N3O5S. The van der Waals surface area contributed by atoms with Gasteiger partial charge in [0.25, 0.3) is 5.91 Å². The van der Waals surface area contributed by atoms with Crippen LogP contribution in [0.3, 0.4) is 0 Å². The molecule has 1 fully saturated rings. The monoisotopic (exact) mass is 497 g/mol. The molecule has 2 aromatic rings. The van der Waals surface area contributed by atoms with E-state index in [9.17, 15) is 26.4 Å². The van der Waals surface area contributed by atoms with Crippen molar-refractivity contribution in [2.45, 2.75) is 17.8 Å². The fourth-order valence-electron chi connectivity index (χ4n) is 3.15. The summed E-state index contributed by atoms with van der Waals surface area (Å²) in [5.74, 6) is -1.45. The number of carbonyl (C=O) groups excluding carboxylic acids is 1. The minimum atomic E-state index is -4.91. The zero-order valence-electron chi connectivity index (χ0n) is 15.2. The lowest BCUT2D eigenvalue weighted by Gasteiger charge is -2.28. The molecule has 1 unspecified atom stereocenters. The van der Waals surface area contributed by atoms with Crippen molar-refractivity contribution in [3.05, 3.63) is 57.4 Å². The second-order valence-corrected chi connectivity index (χ2v) is 10.0. The van der Waals surface area contributed by atoms with Gasteiger partial charge in [0.15, 0.2) is 9.84 Å². The van der Waals surface area contributed by atoms with Crippen LogP contribution in [0, 0.1) is 0 Å². The van der Waals surface area contributed by atoms with Gasteiger partial charge in [-0.3, -0.25) is 15.1 Å². The van der Waals surface area contributed by atoms with E-state index in [1.807, 2.05) is 0 Å². The lowest BCUT2D eigenvalue weighted by Crippen LogP contribution is -2.52. The minimum absolute atomic E-state index is 0.0185. The number of nitrogens with zero attached hydrogens (tertiary/aromatic N) is 1. The fraction of sp³-hybridized carbons (Fsp3) is 0.294. The van der Waals surface area contributed by atoms with Crippen molar-refractivity contribution in [2.24, 2.45) is 0 Å². The molecule has 2 N–H and O–H groups in total. The number of hydrogen-bond donors (Lipinski definition) is 2. The third-order valence-corrected chi connectivity index (χ3v) is 6.89. The van der Waals surface area contributed by atoms with Crippen molar-refractivity contribution in [1.29, 1.82) is 0 Å². The van der Waals surface area contributed by atoms with Gasteiger partial charge in [-0.1, -0.05) is 28.4 Å². The second-order valence-electron chi connectivity index (χ2n) is 6.98. The number of aromatic nitrogens is 1. The zero-order chi connectivity index (χ0) is 22.6. The molecule has 2 aliphatic heterocycles. The molecule has 2 aliphatic rings. The average molecular weight is 498 g/mol. The summed E-state index contributed by atoms with van der Waals surface area (Å²) in [7, 11) is -3.15. The average Bonchev–Trinajstić information content (AvgIpc) is 3.27. The van der Waals surface area contributed by atoms with Crippen LogP contribution >= 0.6 is 23.2 Å². The van der Waals surface area contributed by atoms with Crippen LogP contribution in [0.15, 0.2) is 34.9 Å². The maximum Gasteiger partial charge on any atom is 0.428 e. The van der Waals surface area contributed by atoms with Gasteiger partial charge in [0.1, 0.15) is 5.69 Å². The highest BCUT2D eigenvalue weighted by atomic mass is 35.5. The van der Waals surface area contributed by atoms with Crippen LogP contribution in [0.4, 0.5) is 13.2 Å². The molecule has 0 aliphatic carbocycles. The molecule has 0 radical (unpaired) electrons. The van der Waals surface area contributed by atoms with Crippen molar-refractivity contribution < 1.29 is 35.7 Å². The Morgan fingerprint density at radius 1 is 1.19 bits per heavy atom. The van der Waals surface area contributed by atoms with E-state index in [-0.39, 0.29) is 44.3 Å². The van der Waals surface area contributed by atoms with Crippen molar-refractivity contribution in [2.75, 3.05) is 11.5 Å². The number of nitrogens with one attached hydrogen (secondary N) is 2. The summed E-state index contributed by atoms with van der Waals surface area (Å²) in [4.78, 5) is 17.1. The van der Waals surface area contributed by atoms with Crippen molar-refractivity contribution >= 4 is 44.6 Å². The summed E-state index contributed by atoms with van der Waals surface area (Å²) in [6.45, 7) is 0.